The molecule has 2 aromatic rings. The first-order valence-corrected chi connectivity index (χ1v) is 7.34. The zero-order valence-electron chi connectivity index (χ0n) is 12.4. The molecule has 0 atom stereocenters. The number of aromatic nitrogens is 2. The number of carboxylic acid groups (broad SMARTS) is 1. The van der Waals surface area contributed by atoms with E-state index in [1.54, 1.807) is 35.5 Å². The molecule has 1 fully saturated rings. The van der Waals surface area contributed by atoms with E-state index < -0.39 is 11.6 Å². The summed E-state index contributed by atoms with van der Waals surface area (Å²) < 4.78 is 0. The van der Waals surface area contributed by atoms with Crippen molar-refractivity contribution in [3.8, 4) is 11.4 Å². The standard InChI is InChI=1S/C16H17N3O4/c20-14(19-8-4-16(23,5-9-19)15(21)22)12-3-1-2-11(10-12)13-17-6-7-18-13/h1-3,6-7,10,23H,4-5,8-9H2,(H,17,18)(H,21,22). The fourth-order valence-electron chi connectivity index (χ4n) is 2.70. The van der Waals surface area contributed by atoms with Gasteiger partial charge >= 0.3 is 5.97 Å². The van der Waals surface area contributed by atoms with Gasteiger partial charge in [0.1, 0.15) is 5.82 Å². The van der Waals surface area contributed by atoms with Crippen LogP contribution < -0.4 is 0 Å². The van der Waals surface area contributed by atoms with Gasteiger partial charge in [-0.05, 0) is 12.1 Å². The van der Waals surface area contributed by atoms with Crippen molar-refractivity contribution in [2.75, 3.05) is 13.1 Å². The molecule has 7 heteroatoms. The zero-order chi connectivity index (χ0) is 16.4. The Morgan fingerprint density at radius 2 is 2.00 bits per heavy atom. The second kappa shape index (κ2) is 5.85. The number of aromatic amines is 1. The Morgan fingerprint density at radius 3 is 2.61 bits per heavy atom. The average molecular weight is 315 g/mol. The van der Waals surface area contributed by atoms with Gasteiger partial charge in [0.2, 0.25) is 0 Å². The Morgan fingerprint density at radius 1 is 1.26 bits per heavy atom. The minimum absolute atomic E-state index is 0.0337. The number of hydrogen-bond acceptors (Lipinski definition) is 4. The number of piperidine rings is 1. The quantitative estimate of drug-likeness (QED) is 0.787. The van der Waals surface area contributed by atoms with Crippen LogP contribution in [0, 0.1) is 0 Å². The molecule has 0 unspecified atom stereocenters. The number of aliphatic hydroxyl groups is 1. The summed E-state index contributed by atoms with van der Waals surface area (Å²) in [7, 11) is 0. The lowest BCUT2D eigenvalue weighted by molar-refractivity contribution is -0.162. The Balaban J connectivity index is 1.75. The number of rotatable bonds is 3. The SMILES string of the molecule is O=C(c1cccc(-c2ncc[nH]2)c1)N1CCC(O)(C(=O)O)CC1. The number of likely N-dealkylation sites (tertiary alicyclic amines) is 1. The molecule has 2 heterocycles. The number of hydrogen-bond donors (Lipinski definition) is 3. The monoisotopic (exact) mass is 315 g/mol. The topological polar surface area (TPSA) is 107 Å². The largest absolute Gasteiger partial charge is 0.479 e. The third-order valence-electron chi connectivity index (χ3n) is 4.16. The van der Waals surface area contributed by atoms with Crippen molar-refractivity contribution in [2.24, 2.45) is 0 Å². The molecule has 0 bridgehead atoms. The van der Waals surface area contributed by atoms with Crippen molar-refractivity contribution in [3.05, 3.63) is 42.2 Å². The molecule has 1 saturated heterocycles. The van der Waals surface area contributed by atoms with E-state index in [0.717, 1.165) is 5.56 Å². The van der Waals surface area contributed by atoms with Gasteiger partial charge in [-0.1, -0.05) is 12.1 Å². The number of nitrogens with one attached hydrogen (secondary N) is 1. The van der Waals surface area contributed by atoms with Crippen LogP contribution in [-0.4, -0.2) is 55.6 Å². The maximum atomic E-state index is 12.6. The summed E-state index contributed by atoms with van der Waals surface area (Å²) in [6.07, 6.45) is 3.42. The van der Waals surface area contributed by atoms with E-state index in [9.17, 15) is 14.7 Å². The van der Waals surface area contributed by atoms with Crippen LogP contribution in [0.4, 0.5) is 0 Å². The van der Waals surface area contributed by atoms with E-state index >= 15 is 0 Å². The molecule has 0 saturated carbocycles. The predicted octanol–water partition coefficient (Wildman–Crippen LogP) is 1.13. The van der Waals surface area contributed by atoms with Crippen LogP contribution in [0.25, 0.3) is 11.4 Å². The molecule has 7 nitrogen and oxygen atoms in total. The van der Waals surface area contributed by atoms with Crippen LogP contribution in [0.5, 0.6) is 0 Å². The molecule has 1 aromatic heterocycles. The fourth-order valence-corrected chi connectivity index (χ4v) is 2.70. The smallest absolute Gasteiger partial charge is 0.335 e. The number of carbonyl (C=O) groups is 2. The van der Waals surface area contributed by atoms with Crippen molar-refractivity contribution >= 4 is 11.9 Å². The lowest BCUT2D eigenvalue weighted by atomic mass is 9.91. The maximum absolute atomic E-state index is 12.6. The van der Waals surface area contributed by atoms with E-state index in [2.05, 4.69) is 9.97 Å². The van der Waals surface area contributed by atoms with Crippen LogP contribution in [0.2, 0.25) is 0 Å². The number of nitrogens with zero attached hydrogens (tertiary/aromatic N) is 2. The number of carboxylic acids is 1. The predicted molar refractivity (Wildman–Crippen MR) is 81.7 cm³/mol. The van der Waals surface area contributed by atoms with E-state index in [0.29, 0.717) is 11.4 Å². The Bertz CT molecular complexity index is 719. The Kier molecular flexibility index (Phi) is 3.87. The molecule has 23 heavy (non-hydrogen) atoms. The van der Waals surface area contributed by atoms with Gasteiger partial charge in [0.05, 0.1) is 0 Å². The summed E-state index contributed by atoms with van der Waals surface area (Å²) in [6.45, 7) is 0.430. The summed E-state index contributed by atoms with van der Waals surface area (Å²) >= 11 is 0. The van der Waals surface area contributed by atoms with Gasteiger partial charge in [0.25, 0.3) is 5.91 Å². The van der Waals surface area contributed by atoms with E-state index in [1.165, 1.54) is 0 Å². The highest BCUT2D eigenvalue weighted by molar-refractivity contribution is 5.95. The maximum Gasteiger partial charge on any atom is 0.335 e. The molecule has 1 aliphatic rings. The van der Waals surface area contributed by atoms with Crippen molar-refractivity contribution in [1.82, 2.24) is 14.9 Å². The normalized spacial score (nSPS) is 17.0. The highest BCUT2D eigenvalue weighted by atomic mass is 16.4. The number of imidazole rings is 1. The lowest BCUT2D eigenvalue weighted by Crippen LogP contribution is -2.50. The van der Waals surface area contributed by atoms with Crippen LogP contribution in [0.3, 0.4) is 0 Å². The lowest BCUT2D eigenvalue weighted by Gasteiger charge is -2.35. The molecule has 3 rings (SSSR count). The molecule has 0 aliphatic carbocycles. The molecular formula is C16H17N3O4. The molecule has 120 valence electrons. The van der Waals surface area contributed by atoms with Gasteiger partial charge in [0.15, 0.2) is 5.60 Å². The summed E-state index contributed by atoms with van der Waals surface area (Å²) in [5, 5.41) is 19.0. The summed E-state index contributed by atoms with van der Waals surface area (Å²) in [5.74, 6) is -0.728. The second-order valence-corrected chi connectivity index (χ2v) is 5.65. The van der Waals surface area contributed by atoms with Gasteiger partial charge < -0.3 is 20.1 Å². The van der Waals surface area contributed by atoms with Crippen molar-refractivity contribution < 1.29 is 19.8 Å². The average Bonchev–Trinajstić information content (AvgIpc) is 3.09. The molecule has 0 radical (unpaired) electrons. The first kappa shape index (κ1) is 15.2. The number of aliphatic carboxylic acids is 1. The Hall–Kier alpha value is -2.67. The van der Waals surface area contributed by atoms with Crippen LogP contribution in [0.1, 0.15) is 23.2 Å². The van der Waals surface area contributed by atoms with Crippen molar-refractivity contribution in [1.29, 1.82) is 0 Å². The fraction of sp³-hybridized carbons (Fsp3) is 0.312. The summed E-state index contributed by atoms with van der Waals surface area (Å²) in [6, 6.07) is 7.10. The van der Waals surface area contributed by atoms with Crippen molar-refractivity contribution in [3.63, 3.8) is 0 Å². The molecule has 0 spiro atoms. The molecular weight excluding hydrogens is 298 g/mol. The molecule has 1 aromatic carbocycles. The number of H-pyrrole nitrogens is 1. The van der Waals surface area contributed by atoms with E-state index in [-0.39, 0.29) is 31.8 Å². The van der Waals surface area contributed by atoms with Gasteiger partial charge in [-0.25, -0.2) is 9.78 Å². The molecule has 1 aliphatic heterocycles. The van der Waals surface area contributed by atoms with Crippen LogP contribution in [0.15, 0.2) is 36.7 Å². The third kappa shape index (κ3) is 2.95. The van der Waals surface area contributed by atoms with Crippen molar-refractivity contribution in [2.45, 2.75) is 18.4 Å². The first-order valence-electron chi connectivity index (χ1n) is 7.34. The number of benzene rings is 1. The third-order valence-corrected chi connectivity index (χ3v) is 4.16. The van der Waals surface area contributed by atoms with E-state index in [1.807, 2.05) is 6.07 Å². The van der Waals surface area contributed by atoms with Gasteiger partial charge in [-0.2, -0.15) is 0 Å². The van der Waals surface area contributed by atoms with Crippen LogP contribution >= 0.6 is 0 Å². The minimum atomic E-state index is -1.73. The second-order valence-electron chi connectivity index (χ2n) is 5.65. The molecule has 1 amide bonds. The van der Waals surface area contributed by atoms with Gasteiger partial charge in [-0.15, -0.1) is 0 Å². The summed E-state index contributed by atoms with van der Waals surface area (Å²) in [4.78, 5) is 32.3. The zero-order valence-corrected chi connectivity index (χ0v) is 12.4. The van der Waals surface area contributed by atoms with Crippen LogP contribution in [-0.2, 0) is 4.79 Å². The highest BCUT2D eigenvalue weighted by Gasteiger charge is 2.40. The minimum Gasteiger partial charge on any atom is -0.479 e. The number of carbonyl (C=O) groups excluding carboxylic acids is 1. The number of amides is 1. The summed E-state index contributed by atoms with van der Waals surface area (Å²) in [5.41, 5.74) is -0.410. The Labute approximate surface area is 132 Å². The van der Waals surface area contributed by atoms with E-state index in [4.69, 9.17) is 5.11 Å². The van der Waals surface area contributed by atoms with Gasteiger partial charge in [-0.3, -0.25) is 4.79 Å². The molecule has 3 N–H and O–H groups in total. The highest BCUT2D eigenvalue weighted by Crippen LogP contribution is 2.24. The van der Waals surface area contributed by atoms with Gasteiger partial charge in [0, 0.05) is 49.5 Å². The first-order chi connectivity index (χ1) is 11.0.